The summed E-state index contributed by atoms with van der Waals surface area (Å²) in [4.78, 5) is 34.2. The molecule has 2 heterocycles. The van der Waals surface area contributed by atoms with Gasteiger partial charge in [-0.05, 0) is 55.9 Å². The molecule has 8 nitrogen and oxygen atoms in total. The Morgan fingerprint density at radius 1 is 1.41 bits per heavy atom. The van der Waals surface area contributed by atoms with Crippen LogP contribution in [0, 0.1) is 12.8 Å². The summed E-state index contributed by atoms with van der Waals surface area (Å²) in [6.45, 7) is 4.62. The van der Waals surface area contributed by atoms with Crippen LogP contribution in [0.2, 0.25) is 0 Å². The van der Waals surface area contributed by atoms with Crippen LogP contribution in [0.3, 0.4) is 0 Å². The van der Waals surface area contributed by atoms with Gasteiger partial charge in [0.15, 0.2) is 11.5 Å². The number of aryl methyl sites for hydroxylation is 1. The summed E-state index contributed by atoms with van der Waals surface area (Å²) in [5.74, 6) is -0.00499. The van der Waals surface area contributed by atoms with Crippen LogP contribution < -0.4 is 5.73 Å². The SMILES string of the molecule is Cc1cc(-c2cc(C(=O)O)no2)cc2c1C(=O)N([C@@H](C)C1CC1)C2.NC=O. The minimum Gasteiger partial charge on any atom is -0.476 e. The number of nitrogens with two attached hydrogens (primary N) is 1. The van der Waals surface area contributed by atoms with Crippen molar-refractivity contribution in [1.82, 2.24) is 10.1 Å². The van der Waals surface area contributed by atoms with Gasteiger partial charge in [0.1, 0.15) is 0 Å². The summed E-state index contributed by atoms with van der Waals surface area (Å²) in [5, 5.41) is 12.5. The number of benzene rings is 1. The Hall–Kier alpha value is -3.16. The Morgan fingerprint density at radius 3 is 2.63 bits per heavy atom. The molecule has 1 aromatic carbocycles. The normalized spacial score (nSPS) is 16.4. The number of hydrogen-bond donors (Lipinski definition) is 2. The van der Waals surface area contributed by atoms with Crippen molar-refractivity contribution in [2.75, 3.05) is 0 Å². The molecular formula is C19H21N3O5. The number of carbonyl (C=O) groups excluding carboxylic acids is 2. The van der Waals surface area contributed by atoms with Crippen molar-refractivity contribution in [3.8, 4) is 11.3 Å². The van der Waals surface area contributed by atoms with Crippen molar-refractivity contribution < 1.29 is 24.0 Å². The van der Waals surface area contributed by atoms with Crippen LogP contribution in [0.1, 0.15) is 51.7 Å². The average Bonchev–Trinajstić information content (AvgIpc) is 3.24. The molecule has 1 aliphatic carbocycles. The predicted molar refractivity (Wildman–Crippen MR) is 95.9 cm³/mol. The quantitative estimate of drug-likeness (QED) is 0.793. The second-order valence-corrected chi connectivity index (χ2v) is 6.86. The van der Waals surface area contributed by atoms with Gasteiger partial charge < -0.3 is 20.3 Å². The largest absolute Gasteiger partial charge is 0.476 e. The highest BCUT2D eigenvalue weighted by Gasteiger charge is 2.39. The molecule has 27 heavy (non-hydrogen) atoms. The van der Waals surface area contributed by atoms with Gasteiger partial charge in [-0.3, -0.25) is 9.59 Å². The van der Waals surface area contributed by atoms with E-state index in [1.54, 1.807) is 0 Å². The van der Waals surface area contributed by atoms with Crippen molar-refractivity contribution in [3.63, 3.8) is 0 Å². The molecule has 3 N–H and O–H groups in total. The maximum atomic E-state index is 12.7. The van der Waals surface area contributed by atoms with Crippen molar-refractivity contribution >= 4 is 18.3 Å². The van der Waals surface area contributed by atoms with E-state index >= 15 is 0 Å². The van der Waals surface area contributed by atoms with Gasteiger partial charge in [0.2, 0.25) is 6.41 Å². The zero-order valence-electron chi connectivity index (χ0n) is 15.1. The van der Waals surface area contributed by atoms with Crippen LogP contribution in [-0.4, -0.2) is 39.5 Å². The fourth-order valence-electron chi connectivity index (χ4n) is 3.51. The van der Waals surface area contributed by atoms with Crippen LogP contribution in [0.15, 0.2) is 22.7 Å². The Balaban J connectivity index is 0.000000659. The third-order valence-corrected chi connectivity index (χ3v) is 5.04. The number of rotatable bonds is 4. The lowest BCUT2D eigenvalue weighted by Crippen LogP contribution is -2.34. The fraction of sp³-hybridized carbons (Fsp3) is 0.368. The Morgan fingerprint density at radius 2 is 2.07 bits per heavy atom. The van der Waals surface area contributed by atoms with E-state index in [0.29, 0.717) is 18.2 Å². The first kappa shape index (κ1) is 18.6. The van der Waals surface area contributed by atoms with Crippen LogP contribution >= 0.6 is 0 Å². The predicted octanol–water partition coefficient (Wildman–Crippen LogP) is 2.20. The lowest BCUT2D eigenvalue weighted by Gasteiger charge is -2.24. The molecule has 1 aliphatic heterocycles. The van der Waals surface area contributed by atoms with Gasteiger partial charge in [-0.1, -0.05) is 5.16 Å². The second-order valence-electron chi connectivity index (χ2n) is 6.86. The molecule has 0 spiro atoms. The fourth-order valence-corrected chi connectivity index (χ4v) is 3.51. The molecule has 0 saturated heterocycles. The van der Waals surface area contributed by atoms with Crippen LogP contribution in [0.5, 0.6) is 0 Å². The summed E-state index contributed by atoms with van der Waals surface area (Å²) in [6.07, 6.45) is 2.64. The molecule has 0 bridgehead atoms. The Labute approximate surface area is 155 Å². The minimum absolute atomic E-state index is 0.0947. The highest BCUT2D eigenvalue weighted by molar-refractivity contribution is 6.00. The summed E-state index contributed by atoms with van der Waals surface area (Å²) >= 11 is 0. The molecule has 0 radical (unpaired) electrons. The van der Waals surface area contributed by atoms with Gasteiger partial charge in [0.05, 0.1) is 0 Å². The first-order chi connectivity index (χ1) is 12.9. The molecule has 8 heteroatoms. The number of primary amides is 1. The maximum absolute atomic E-state index is 12.7. The third kappa shape index (κ3) is 3.55. The van der Waals surface area contributed by atoms with Gasteiger partial charge in [-0.15, -0.1) is 0 Å². The van der Waals surface area contributed by atoms with Crippen molar-refractivity contribution in [1.29, 1.82) is 0 Å². The third-order valence-electron chi connectivity index (χ3n) is 5.04. The van der Waals surface area contributed by atoms with Crippen molar-refractivity contribution in [2.45, 2.75) is 39.3 Å². The average molecular weight is 371 g/mol. The van der Waals surface area contributed by atoms with Gasteiger partial charge in [-0.2, -0.15) is 0 Å². The van der Waals surface area contributed by atoms with Gasteiger partial charge >= 0.3 is 5.97 Å². The summed E-state index contributed by atoms with van der Waals surface area (Å²) < 4.78 is 5.15. The van der Waals surface area contributed by atoms with E-state index in [1.165, 1.54) is 18.9 Å². The van der Waals surface area contributed by atoms with Gasteiger partial charge in [-0.25, -0.2) is 4.79 Å². The van der Waals surface area contributed by atoms with Gasteiger partial charge in [0, 0.05) is 29.8 Å². The minimum atomic E-state index is -1.12. The van der Waals surface area contributed by atoms with Gasteiger partial charge in [0.25, 0.3) is 5.91 Å². The number of carboxylic acids is 1. The molecule has 2 aliphatic rings. The van der Waals surface area contributed by atoms with Crippen molar-refractivity contribution in [2.24, 2.45) is 11.7 Å². The number of aromatic carboxylic acids is 1. The lowest BCUT2D eigenvalue weighted by atomic mass is 9.99. The topological polar surface area (TPSA) is 127 Å². The molecule has 0 unspecified atom stereocenters. The first-order valence-corrected chi connectivity index (χ1v) is 8.67. The summed E-state index contributed by atoms with van der Waals surface area (Å²) in [6, 6.07) is 5.43. The van der Waals surface area contributed by atoms with E-state index in [0.717, 1.165) is 22.3 Å². The van der Waals surface area contributed by atoms with E-state index in [4.69, 9.17) is 14.4 Å². The first-order valence-electron chi connectivity index (χ1n) is 8.67. The molecule has 1 atom stereocenters. The summed E-state index contributed by atoms with van der Waals surface area (Å²) in [5.41, 5.74) is 7.41. The van der Waals surface area contributed by atoms with E-state index in [-0.39, 0.29) is 24.1 Å². The number of hydrogen-bond acceptors (Lipinski definition) is 5. The van der Waals surface area contributed by atoms with E-state index in [2.05, 4.69) is 17.8 Å². The monoisotopic (exact) mass is 371 g/mol. The molecular weight excluding hydrogens is 350 g/mol. The zero-order chi connectivity index (χ0) is 19.7. The number of carboxylic acid groups (broad SMARTS) is 1. The van der Waals surface area contributed by atoms with Crippen molar-refractivity contribution in [3.05, 3.63) is 40.6 Å². The maximum Gasteiger partial charge on any atom is 0.358 e. The van der Waals surface area contributed by atoms with E-state index in [9.17, 15) is 9.59 Å². The van der Waals surface area contributed by atoms with Crippen LogP contribution in [0.4, 0.5) is 0 Å². The molecule has 4 rings (SSSR count). The second kappa shape index (κ2) is 7.22. The molecule has 1 saturated carbocycles. The number of nitrogens with zero attached hydrogens (tertiary/aromatic N) is 2. The van der Waals surface area contributed by atoms with Crippen LogP contribution in [0.25, 0.3) is 11.3 Å². The Bertz CT molecular complexity index is 901. The molecule has 1 aromatic heterocycles. The highest BCUT2D eigenvalue weighted by atomic mass is 16.5. The molecule has 1 fully saturated rings. The Kier molecular flexibility index (Phi) is 4.98. The van der Waals surface area contributed by atoms with E-state index < -0.39 is 5.97 Å². The number of amides is 2. The number of fused-ring (bicyclic) bond motifs is 1. The van der Waals surface area contributed by atoms with E-state index in [1.807, 2.05) is 24.0 Å². The molecule has 2 amide bonds. The van der Waals surface area contributed by atoms with Crippen LogP contribution in [-0.2, 0) is 11.3 Å². The smallest absolute Gasteiger partial charge is 0.358 e. The molecule has 2 aromatic rings. The highest BCUT2D eigenvalue weighted by Crippen LogP contribution is 2.39. The summed E-state index contributed by atoms with van der Waals surface area (Å²) in [7, 11) is 0. The molecule has 142 valence electrons. The number of carbonyl (C=O) groups is 3. The zero-order valence-corrected chi connectivity index (χ0v) is 15.1. The number of aromatic nitrogens is 1. The standard InChI is InChI=1S/C18H18N2O4.CH3NO/c1-9-5-12(15-7-14(18(22)23)19-24-15)6-13-8-20(17(21)16(9)13)10(2)11-3-4-11;2-1-3/h5-7,10-11H,3-4,8H2,1-2H3,(H,22,23);1H,(H2,2,3)/t10-;/m0./s1. The lowest BCUT2D eigenvalue weighted by molar-refractivity contribution is -0.106.